The van der Waals surface area contributed by atoms with Crippen LogP contribution in [0.15, 0.2) is 12.3 Å². The zero-order valence-corrected chi connectivity index (χ0v) is 7.58. The Bertz CT molecular complexity index is 371. The van der Waals surface area contributed by atoms with E-state index in [2.05, 4.69) is 10.3 Å². The smallest absolute Gasteiger partial charge is 0.337 e. The van der Waals surface area contributed by atoms with E-state index in [0.717, 1.165) is 12.3 Å². The number of nitrogens with two attached hydrogens (primary N) is 1. The summed E-state index contributed by atoms with van der Waals surface area (Å²) in [5.41, 5.74) is 5.12. The molecule has 1 aromatic rings. The molecule has 0 aliphatic carbocycles. The fourth-order valence-corrected chi connectivity index (χ4v) is 0.976. The molecule has 1 aromatic heterocycles. The van der Waals surface area contributed by atoms with Crippen LogP contribution in [0.25, 0.3) is 0 Å². The number of anilines is 2. The summed E-state index contributed by atoms with van der Waals surface area (Å²) in [6, 6.07) is 1.11. The molecule has 0 aliphatic rings. The molecule has 0 fully saturated rings. The molecule has 0 aromatic carbocycles. The molecule has 1 rings (SSSR count). The largest absolute Gasteiger partial charge is 0.478 e. The van der Waals surface area contributed by atoms with E-state index in [9.17, 15) is 13.6 Å². The van der Waals surface area contributed by atoms with Crippen LogP contribution in [0.5, 0.6) is 0 Å². The fourth-order valence-electron chi connectivity index (χ4n) is 0.976. The second kappa shape index (κ2) is 4.54. The van der Waals surface area contributed by atoms with Crippen molar-refractivity contribution in [2.24, 2.45) is 0 Å². The molecule has 0 amide bonds. The average molecular weight is 217 g/mol. The summed E-state index contributed by atoms with van der Waals surface area (Å²) in [7, 11) is 0. The van der Waals surface area contributed by atoms with Gasteiger partial charge in [0.2, 0.25) is 0 Å². The van der Waals surface area contributed by atoms with E-state index in [1.807, 2.05) is 0 Å². The highest BCUT2D eigenvalue weighted by Crippen LogP contribution is 2.16. The first-order chi connectivity index (χ1) is 7.00. The zero-order valence-electron chi connectivity index (χ0n) is 7.58. The highest BCUT2D eigenvalue weighted by molar-refractivity contribution is 5.94. The Morgan fingerprint density at radius 3 is 2.87 bits per heavy atom. The van der Waals surface area contributed by atoms with Crippen molar-refractivity contribution in [2.75, 3.05) is 17.6 Å². The summed E-state index contributed by atoms with van der Waals surface area (Å²) < 4.78 is 23.8. The van der Waals surface area contributed by atoms with Crippen molar-refractivity contribution in [1.29, 1.82) is 0 Å². The minimum atomic E-state index is -2.57. The van der Waals surface area contributed by atoms with Crippen LogP contribution in [0.2, 0.25) is 0 Å². The summed E-state index contributed by atoms with van der Waals surface area (Å²) in [5, 5.41) is 11.0. The summed E-state index contributed by atoms with van der Waals surface area (Å²) >= 11 is 0. The molecule has 7 heteroatoms. The van der Waals surface area contributed by atoms with Crippen LogP contribution in [0.3, 0.4) is 0 Å². The van der Waals surface area contributed by atoms with Gasteiger partial charge in [-0.3, -0.25) is 0 Å². The molecule has 15 heavy (non-hydrogen) atoms. The van der Waals surface area contributed by atoms with Crippen LogP contribution in [-0.4, -0.2) is 29.0 Å². The van der Waals surface area contributed by atoms with Gasteiger partial charge in [-0.25, -0.2) is 18.6 Å². The molecule has 0 spiro atoms. The maximum Gasteiger partial charge on any atom is 0.337 e. The molecule has 0 radical (unpaired) electrons. The lowest BCUT2D eigenvalue weighted by molar-refractivity contribution is 0.0697. The number of nitrogens with zero attached hydrogens (tertiary/aromatic N) is 1. The van der Waals surface area contributed by atoms with E-state index >= 15 is 0 Å². The van der Waals surface area contributed by atoms with Crippen molar-refractivity contribution in [3.05, 3.63) is 17.8 Å². The molecule has 4 N–H and O–H groups in total. The van der Waals surface area contributed by atoms with E-state index in [1.54, 1.807) is 0 Å². The number of nitrogens with one attached hydrogen (secondary N) is 1. The summed E-state index contributed by atoms with van der Waals surface area (Å²) in [4.78, 5) is 14.3. The number of rotatable bonds is 4. The number of carbonyl (C=O) groups is 1. The van der Waals surface area contributed by atoms with Crippen LogP contribution in [0.1, 0.15) is 10.4 Å². The molecule has 0 aliphatic heterocycles. The lowest BCUT2D eigenvalue weighted by Crippen LogP contribution is -2.14. The Morgan fingerprint density at radius 2 is 2.33 bits per heavy atom. The Morgan fingerprint density at radius 1 is 1.67 bits per heavy atom. The van der Waals surface area contributed by atoms with Gasteiger partial charge >= 0.3 is 5.97 Å². The number of halogens is 2. The fraction of sp³-hybridized carbons (Fsp3) is 0.250. The minimum Gasteiger partial charge on any atom is -0.478 e. The zero-order chi connectivity index (χ0) is 11.4. The Balaban J connectivity index is 2.91. The number of alkyl halides is 2. The molecular formula is C8H9F2N3O2. The van der Waals surface area contributed by atoms with Gasteiger partial charge < -0.3 is 16.2 Å². The molecule has 0 bridgehead atoms. The van der Waals surface area contributed by atoms with Gasteiger partial charge in [-0.05, 0) is 6.07 Å². The second-order valence-electron chi connectivity index (χ2n) is 2.73. The first-order valence-electron chi connectivity index (χ1n) is 4.01. The third kappa shape index (κ3) is 3.04. The summed E-state index contributed by atoms with van der Waals surface area (Å²) in [6.45, 7) is -0.633. The standard InChI is InChI=1S/C8H9F2N3O2/c9-6(10)3-12-5-2-13-7(11)1-4(5)8(14)15/h1-2,6,12H,3H2,(H2,11,13)(H,14,15). The van der Waals surface area contributed by atoms with Gasteiger partial charge in [0.1, 0.15) is 5.82 Å². The minimum absolute atomic E-state index is 0.0231. The van der Waals surface area contributed by atoms with Crippen molar-refractivity contribution in [3.8, 4) is 0 Å². The van der Waals surface area contributed by atoms with Gasteiger partial charge in [0.25, 0.3) is 6.43 Å². The second-order valence-corrected chi connectivity index (χ2v) is 2.73. The Labute approximate surface area is 83.9 Å². The molecule has 0 saturated heterocycles. The van der Waals surface area contributed by atoms with Crippen LogP contribution in [0, 0.1) is 0 Å². The predicted octanol–water partition coefficient (Wildman–Crippen LogP) is 1.04. The van der Waals surface area contributed by atoms with Gasteiger partial charge in [-0.15, -0.1) is 0 Å². The molecular weight excluding hydrogens is 208 g/mol. The Hall–Kier alpha value is -1.92. The Kier molecular flexibility index (Phi) is 3.37. The number of aromatic nitrogens is 1. The van der Waals surface area contributed by atoms with E-state index in [1.165, 1.54) is 0 Å². The average Bonchev–Trinajstić information content (AvgIpc) is 2.15. The van der Waals surface area contributed by atoms with Crippen molar-refractivity contribution in [3.63, 3.8) is 0 Å². The van der Waals surface area contributed by atoms with E-state index in [4.69, 9.17) is 10.8 Å². The van der Waals surface area contributed by atoms with E-state index in [-0.39, 0.29) is 17.1 Å². The number of carboxylic acid groups (broad SMARTS) is 1. The third-order valence-electron chi connectivity index (χ3n) is 1.60. The van der Waals surface area contributed by atoms with Crippen LogP contribution < -0.4 is 11.1 Å². The number of carboxylic acids is 1. The molecule has 0 saturated carbocycles. The molecule has 1 heterocycles. The van der Waals surface area contributed by atoms with Crippen LogP contribution >= 0.6 is 0 Å². The molecule has 82 valence electrons. The van der Waals surface area contributed by atoms with Gasteiger partial charge in [-0.1, -0.05) is 0 Å². The molecule has 0 atom stereocenters. The van der Waals surface area contributed by atoms with Crippen molar-refractivity contribution >= 4 is 17.5 Å². The maximum absolute atomic E-state index is 11.9. The summed E-state index contributed by atoms with van der Waals surface area (Å²) in [6.07, 6.45) is -1.45. The van der Waals surface area contributed by atoms with Crippen LogP contribution in [-0.2, 0) is 0 Å². The number of hydrogen-bond donors (Lipinski definition) is 3. The first-order valence-corrected chi connectivity index (χ1v) is 4.01. The van der Waals surface area contributed by atoms with E-state index in [0.29, 0.717) is 0 Å². The molecule has 0 unspecified atom stereocenters. The summed E-state index contributed by atoms with van der Waals surface area (Å²) in [5.74, 6) is -1.23. The van der Waals surface area contributed by atoms with Gasteiger partial charge in [0, 0.05) is 0 Å². The predicted molar refractivity (Wildman–Crippen MR) is 50.1 cm³/mol. The molecule has 5 nitrogen and oxygen atoms in total. The number of nitrogen functional groups attached to an aromatic ring is 1. The third-order valence-corrected chi connectivity index (χ3v) is 1.60. The highest BCUT2D eigenvalue weighted by Gasteiger charge is 2.12. The lowest BCUT2D eigenvalue weighted by Gasteiger charge is -2.08. The number of pyridine rings is 1. The topological polar surface area (TPSA) is 88.2 Å². The highest BCUT2D eigenvalue weighted by atomic mass is 19.3. The van der Waals surface area contributed by atoms with Crippen molar-refractivity contribution < 1.29 is 18.7 Å². The quantitative estimate of drug-likeness (QED) is 0.701. The normalized spacial score (nSPS) is 10.3. The van der Waals surface area contributed by atoms with Gasteiger partial charge in [0.15, 0.2) is 0 Å². The van der Waals surface area contributed by atoms with Gasteiger partial charge in [-0.2, -0.15) is 0 Å². The van der Waals surface area contributed by atoms with E-state index < -0.39 is 18.9 Å². The lowest BCUT2D eigenvalue weighted by atomic mass is 10.2. The first kappa shape index (κ1) is 11.2. The maximum atomic E-state index is 11.9. The SMILES string of the molecule is Nc1cc(C(=O)O)c(NCC(F)F)cn1. The monoisotopic (exact) mass is 217 g/mol. The van der Waals surface area contributed by atoms with Crippen molar-refractivity contribution in [2.45, 2.75) is 6.43 Å². The number of aromatic carboxylic acids is 1. The van der Waals surface area contributed by atoms with Gasteiger partial charge in [0.05, 0.1) is 24.0 Å². The van der Waals surface area contributed by atoms with Crippen molar-refractivity contribution in [1.82, 2.24) is 4.98 Å². The number of hydrogen-bond acceptors (Lipinski definition) is 4. The van der Waals surface area contributed by atoms with Crippen LogP contribution in [0.4, 0.5) is 20.3 Å².